The smallest absolute Gasteiger partial charge is 0.387 e. The number of carbonyl (C=O) groups is 1. The van der Waals surface area contributed by atoms with Crippen LogP contribution >= 0.6 is 0 Å². The first-order valence-corrected chi connectivity index (χ1v) is 6.12. The van der Waals surface area contributed by atoms with Gasteiger partial charge in [-0.1, -0.05) is 0 Å². The van der Waals surface area contributed by atoms with Crippen molar-refractivity contribution in [2.45, 2.75) is 13.5 Å². The van der Waals surface area contributed by atoms with Crippen molar-refractivity contribution >= 4 is 5.97 Å². The predicted octanol–water partition coefficient (Wildman–Crippen LogP) is 3.45. The molecule has 0 fully saturated rings. The van der Waals surface area contributed by atoms with Crippen LogP contribution in [0.3, 0.4) is 0 Å². The third-order valence-corrected chi connectivity index (χ3v) is 2.75. The second-order valence-electron chi connectivity index (χ2n) is 4.28. The fourth-order valence-electron chi connectivity index (χ4n) is 1.86. The molecule has 110 valence electrons. The number of ether oxygens (including phenoxy) is 2. The molecule has 4 nitrogen and oxygen atoms in total. The van der Waals surface area contributed by atoms with E-state index in [2.05, 4.69) is 14.5 Å². The zero-order valence-electron chi connectivity index (χ0n) is 11.5. The topological polar surface area (TPSA) is 48.4 Å². The van der Waals surface area contributed by atoms with Gasteiger partial charge in [-0.15, -0.1) is 0 Å². The van der Waals surface area contributed by atoms with Crippen LogP contribution in [0, 0.1) is 6.92 Å². The lowest BCUT2D eigenvalue weighted by Gasteiger charge is -2.08. The van der Waals surface area contributed by atoms with Crippen molar-refractivity contribution in [1.82, 2.24) is 4.98 Å². The third-order valence-electron chi connectivity index (χ3n) is 2.75. The quantitative estimate of drug-likeness (QED) is 0.810. The number of hydrogen-bond donors (Lipinski definition) is 0. The van der Waals surface area contributed by atoms with Crippen molar-refractivity contribution < 1.29 is 23.0 Å². The maximum absolute atomic E-state index is 12.1. The Kier molecular flexibility index (Phi) is 4.47. The Morgan fingerprint density at radius 2 is 1.86 bits per heavy atom. The Labute approximate surface area is 120 Å². The number of halogens is 2. The van der Waals surface area contributed by atoms with E-state index in [9.17, 15) is 13.6 Å². The molecular formula is C15H13F2NO3. The van der Waals surface area contributed by atoms with E-state index in [1.165, 1.54) is 19.2 Å². The van der Waals surface area contributed by atoms with Gasteiger partial charge in [-0.25, -0.2) is 4.79 Å². The standard InChI is InChI=1S/C15H13F2NO3/c1-9-7-11(14(19)20-2)8-13(18-9)10-3-5-12(6-4-10)21-15(16)17/h3-8,15H,1-2H3. The highest BCUT2D eigenvalue weighted by Crippen LogP contribution is 2.23. The van der Waals surface area contributed by atoms with Gasteiger partial charge in [0.2, 0.25) is 0 Å². The van der Waals surface area contributed by atoms with E-state index in [4.69, 9.17) is 0 Å². The summed E-state index contributed by atoms with van der Waals surface area (Å²) >= 11 is 0. The molecule has 0 atom stereocenters. The van der Waals surface area contributed by atoms with Crippen LogP contribution in [0.5, 0.6) is 5.75 Å². The lowest BCUT2D eigenvalue weighted by atomic mass is 10.1. The first-order valence-electron chi connectivity index (χ1n) is 6.12. The monoisotopic (exact) mass is 293 g/mol. The SMILES string of the molecule is COC(=O)c1cc(C)nc(-c2ccc(OC(F)F)cc2)c1. The summed E-state index contributed by atoms with van der Waals surface area (Å²) in [4.78, 5) is 15.9. The van der Waals surface area contributed by atoms with E-state index in [0.29, 0.717) is 22.5 Å². The highest BCUT2D eigenvalue weighted by molar-refractivity contribution is 5.90. The molecule has 21 heavy (non-hydrogen) atoms. The van der Waals surface area contributed by atoms with Gasteiger partial charge in [0.05, 0.1) is 18.4 Å². The van der Waals surface area contributed by atoms with Gasteiger partial charge in [0.15, 0.2) is 0 Å². The number of esters is 1. The van der Waals surface area contributed by atoms with Gasteiger partial charge in [-0.2, -0.15) is 8.78 Å². The molecule has 0 amide bonds. The Morgan fingerprint density at radius 3 is 2.43 bits per heavy atom. The van der Waals surface area contributed by atoms with Crippen molar-refractivity contribution in [2.24, 2.45) is 0 Å². The van der Waals surface area contributed by atoms with E-state index in [0.717, 1.165) is 0 Å². The van der Waals surface area contributed by atoms with Crippen LogP contribution in [0.4, 0.5) is 8.78 Å². The summed E-state index contributed by atoms with van der Waals surface area (Å²) in [6.45, 7) is -1.11. The van der Waals surface area contributed by atoms with E-state index in [-0.39, 0.29) is 5.75 Å². The van der Waals surface area contributed by atoms with Crippen LogP contribution in [0.2, 0.25) is 0 Å². The van der Waals surface area contributed by atoms with Crippen molar-refractivity contribution in [1.29, 1.82) is 0 Å². The number of pyridine rings is 1. The number of methoxy groups -OCH3 is 1. The van der Waals surface area contributed by atoms with E-state index < -0.39 is 12.6 Å². The molecule has 0 unspecified atom stereocenters. The van der Waals surface area contributed by atoms with Gasteiger partial charge >= 0.3 is 12.6 Å². The number of benzene rings is 1. The molecule has 2 aromatic rings. The molecule has 2 rings (SSSR count). The van der Waals surface area contributed by atoms with Crippen molar-refractivity contribution in [2.75, 3.05) is 7.11 Å². The summed E-state index contributed by atoms with van der Waals surface area (Å²) in [5, 5.41) is 0. The van der Waals surface area contributed by atoms with Gasteiger partial charge in [-0.05, 0) is 43.3 Å². The Morgan fingerprint density at radius 1 is 1.19 bits per heavy atom. The predicted molar refractivity (Wildman–Crippen MR) is 72.4 cm³/mol. The Hall–Kier alpha value is -2.50. The first kappa shape index (κ1) is 14.9. The molecule has 0 saturated heterocycles. The Balaban J connectivity index is 2.33. The number of alkyl halides is 2. The minimum Gasteiger partial charge on any atom is -0.465 e. The lowest BCUT2D eigenvalue weighted by molar-refractivity contribution is -0.0498. The van der Waals surface area contributed by atoms with Gasteiger partial charge in [-0.3, -0.25) is 4.98 Å². The Bertz CT molecular complexity index is 642. The number of carbonyl (C=O) groups excluding carboxylic acids is 1. The number of nitrogens with zero attached hydrogens (tertiary/aromatic N) is 1. The summed E-state index contributed by atoms with van der Waals surface area (Å²) in [7, 11) is 1.30. The molecule has 1 heterocycles. The minimum atomic E-state index is -2.86. The first-order chi connectivity index (χ1) is 9.99. The fourth-order valence-corrected chi connectivity index (χ4v) is 1.86. The summed E-state index contributed by atoms with van der Waals surface area (Å²) in [6, 6.07) is 9.24. The van der Waals surface area contributed by atoms with Crippen LogP contribution < -0.4 is 4.74 Å². The number of rotatable bonds is 4. The molecule has 0 spiro atoms. The van der Waals surface area contributed by atoms with Crippen LogP contribution in [0.1, 0.15) is 16.1 Å². The normalized spacial score (nSPS) is 10.5. The molecule has 1 aromatic carbocycles. The van der Waals surface area contributed by atoms with Crippen LogP contribution in [-0.2, 0) is 4.74 Å². The average Bonchev–Trinajstić information content (AvgIpc) is 2.46. The molecule has 0 aliphatic rings. The molecule has 1 aromatic heterocycles. The second-order valence-corrected chi connectivity index (χ2v) is 4.28. The van der Waals surface area contributed by atoms with Crippen molar-refractivity contribution in [3.63, 3.8) is 0 Å². The van der Waals surface area contributed by atoms with E-state index >= 15 is 0 Å². The largest absolute Gasteiger partial charge is 0.465 e. The van der Waals surface area contributed by atoms with Crippen molar-refractivity contribution in [3.05, 3.63) is 47.7 Å². The third kappa shape index (κ3) is 3.75. The summed E-state index contributed by atoms with van der Waals surface area (Å²) in [5.74, 6) is -0.394. The maximum Gasteiger partial charge on any atom is 0.387 e. The lowest BCUT2D eigenvalue weighted by Crippen LogP contribution is -2.03. The van der Waals surface area contributed by atoms with Crippen LogP contribution in [0.15, 0.2) is 36.4 Å². The van der Waals surface area contributed by atoms with Crippen LogP contribution in [-0.4, -0.2) is 24.7 Å². The highest BCUT2D eigenvalue weighted by Gasteiger charge is 2.10. The van der Waals surface area contributed by atoms with Gasteiger partial charge in [0, 0.05) is 11.3 Å². The summed E-state index contributed by atoms with van der Waals surface area (Å²) in [6.07, 6.45) is 0. The second kappa shape index (κ2) is 6.30. The number of hydrogen-bond acceptors (Lipinski definition) is 4. The van der Waals surface area contributed by atoms with Gasteiger partial charge in [0.25, 0.3) is 0 Å². The molecule has 0 aliphatic carbocycles. The van der Waals surface area contributed by atoms with E-state index in [1.807, 2.05) is 0 Å². The molecule has 0 bridgehead atoms. The van der Waals surface area contributed by atoms with Crippen molar-refractivity contribution in [3.8, 4) is 17.0 Å². The molecule has 0 radical (unpaired) electrons. The number of aryl methyl sites for hydroxylation is 1. The zero-order chi connectivity index (χ0) is 15.4. The summed E-state index contributed by atoms with van der Waals surface area (Å²) < 4.78 is 33.1. The van der Waals surface area contributed by atoms with Gasteiger partial charge in [0.1, 0.15) is 5.75 Å². The molecule has 6 heteroatoms. The molecular weight excluding hydrogens is 280 g/mol. The van der Waals surface area contributed by atoms with E-state index in [1.54, 1.807) is 31.2 Å². The fraction of sp³-hybridized carbons (Fsp3) is 0.200. The highest BCUT2D eigenvalue weighted by atomic mass is 19.3. The molecule has 0 aliphatic heterocycles. The zero-order valence-corrected chi connectivity index (χ0v) is 11.5. The summed E-state index contributed by atoms with van der Waals surface area (Å²) in [5.41, 5.74) is 2.28. The van der Waals surface area contributed by atoms with Crippen LogP contribution in [0.25, 0.3) is 11.3 Å². The number of aromatic nitrogens is 1. The average molecular weight is 293 g/mol. The molecule has 0 N–H and O–H groups in total. The van der Waals surface area contributed by atoms with Gasteiger partial charge < -0.3 is 9.47 Å². The molecule has 0 saturated carbocycles. The maximum atomic E-state index is 12.1. The minimum absolute atomic E-state index is 0.0644.